The van der Waals surface area contributed by atoms with Crippen molar-refractivity contribution in [3.05, 3.63) is 75.2 Å². The van der Waals surface area contributed by atoms with E-state index in [2.05, 4.69) is 12.0 Å². The predicted octanol–water partition coefficient (Wildman–Crippen LogP) is 3.24. The Bertz CT molecular complexity index is 916. The van der Waals surface area contributed by atoms with Crippen molar-refractivity contribution in [3.8, 4) is 0 Å². The summed E-state index contributed by atoms with van der Waals surface area (Å²) < 4.78 is 1.90. The van der Waals surface area contributed by atoms with E-state index in [9.17, 15) is 9.90 Å². The average molecular weight is 367 g/mol. The van der Waals surface area contributed by atoms with E-state index in [1.54, 1.807) is 11.3 Å². The highest BCUT2D eigenvalue weighted by Crippen LogP contribution is 2.25. The number of rotatable bonds is 4. The molecule has 6 heteroatoms. The number of fused-ring (bicyclic) bond motifs is 1. The van der Waals surface area contributed by atoms with E-state index < -0.39 is 6.10 Å². The first-order valence-corrected chi connectivity index (χ1v) is 9.65. The van der Waals surface area contributed by atoms with Crippen molar-refractivity contribution >= 4 is 17.2 Å². The van der Waals surface area contributed by atoms with Crippen LogP contribution >= 0.6 is 11.3 Å². The lowest BCUT2D eigenvalue weighted by atomic mass is 10.1. The summed E-state index contributed by atoms with van der Waals surface area (Å²) in [5.41, 5.74) is 2.41. The Morgan fingerprint density at radius 2 is 2.04 bits per heavy atom. The molecule has 1 N–H and O–H groups in total. The van der Waals surface area contributed by atoms with Crippen LogP contribution in [0.3, 0.4) is 0 Å². The molecule has 0 aliphatic carbocycles. The standard InChI is InChI=1S/C20H21N3O2S/c1-2-16-8-9-18(26-16)20(25)22-10-11-23-15(13-22)12-17(21-23)19(24)14-6-4-3-5-7-14/h3-9,12,19,24H,2,10-11,13H2,1H3. The van der Waals surface area contributed by atoms with Gasteiger partial charge in [-0.25, -0.2) is 0 Å². The number of amides is 1. The Hall–Kier alpha value is -2.44. The Morgan fingerprint density at radius 3 is 2.77 bits per heavy atom. The van der Waals surface area contributed by atoms with Gasteiger partial charge in [-0.2, -0.15) is 5.10 Å². The highest BCUT2D eigenvalue weighted by molar-refractivity contribution is 7.14. The summed E-state index contributed by atoms with van der Waals surface area (Å²) in [6.07, 6.45) is 0.203. The molecular weight excluding hydrogens is 346 g/mol. The van der Waals surface area contributed by atoms with Crippen LogP contribution in [0.4, 0.5) is 0 Å². The fourth-order valence-corrected chi connectivity index (χ4v) is 4.16. The highest BCUT2D eigenvalue weighted by atomic mass is 32.1. The summed E-state index contributed by atoms with van der Waals surface area (Å²) in [7, 11) is 0. The molecule has 1 atom stereocenters. The molecule has 0 saturated carbocycles. The van der Waals surface area contributed by atoms with Gasteiger partial charge in [0.1, 0.15) is 6.10 Å². The quantitative estimate of drug-likeness (QED) is 0.770. The Kier molecular flexibility index (Phi) is 4.61. The number of nitrogens with zero attached hydrogens (tertiary/aromatic N) is 3. The SMILES string of the molecule is CCc1ccc(C(=O)N2CCn3nc(C(O)c4ccccc4)cc3C2)s1. The number of thiophene rings is 1. The molecule has 3 aromatic rings. The van der Waals surface area contributed by atoms with Crippen molar-refractivity contribution in [2.24, 2.45) is 0 Å². The predicted molar refractivity (Wildman–Crippen MR) is 101 cm³/mol. The molecule has 1 aliphatic rings. The third-order valence-electron chi connectivity index (χ3n) is 4.72. The van der Waals surface area contributed by atoms with Crippen LogP contribution in [0.5, 0.6) is 0 Å². The van der Waals surface area contributed by atoms with Gasteiger partial charge in [0, 0.05) is 11.4 Å². The summed E-state index contributed by atoms with van der Waals surface area (Å²) in [5.74, 6) is 0.0762. The van der Waals surface area contributed by atoms with Crippen LogP contribution in [0.1, 0.15) is 44.5 Å². The van der Waals surface area contributed by atoms with Gasteiger partial charge in [-0.05, 0) is 30.2 Å². The molecule has 1 unspecified atom stereocenters. The fourth-order valence-electron chi connectivity index (χ4n) is 3.24. The molecule has 134 valence electrons. The zero-order valence-corrected chi connectivity index (χ0v) is 15.4. The van der Waals surface area contributed by atoms with Crippen LogP contribution < -0.4 is 0 Å². The smallest absolute Gasteiger partial charge is 0.264 e. The molecular formula is C20H21N3O2S. The Balaban J connectivity index is 1.52. The van der Waals surface area contributed by atoms with Crippen LogP contribution in [0.2, 0.25) is 0 Å². The van der Waals surface area contributed by atoms with E-state index in [0.717, 1.165) is 22.6 Å². The number of aliphatic hydroxyl groups is 1. The zero-order valence-electron chi connectivity index (χ0n) is 14.6. The van der Waals surface area contributed by atoms with Crippen LogP contribution in [0.15, 0.2) is 48.5 Å². The van der Waals surface area contributed by atoms with E-state index in [1.165, 1.54) is 4.88 Å². The van der Waals surface area contributed by atoms with Gasteiger partial charge in [0.15, 0.2) is 0 Å². The number of carbonyl (C=O) groups is 1. The summed E-state index contributed by atoms with van der Waals surface area (Å²) in [6.45, 7) is 3.90. The van der Waals surface area contributed by atoms with Crippen molar-refractivity contribution in [1.82, 2.24) is 14.7 Å². The van der Waals surface area contributed by atoms with Gasteiger partial charge in [-0.15, -0.1) is 11.3 Å². The molecule has 1 amide bonds. The number of carbonyl (C=O) groups excluding carboxylic acids is 1. The minimum Gasteiger partial charge on any atom is -0.382 e. The highest BCUT2D eigenvalue weighted by Gasteiger charge is 2.25. The maximum atomic E-state index is 12.8. The zero-order chi connectivity index (χ0) is 18.1. The number of aliphatic hydroxyl groups excluding tert-OH is 1. The lowest BCUT2D eigenvalue weighted by Crippen LogP contribution is -2.38. The molecule has 1 aromatic carbocycles. The Morgan fingerprint density at radius 1 is 1.23 bits per heavy atom. The molecule has 1 aliphatic heterocycles. The van der Waals surface area contributed by atoms with Crippen LogP contribution in [-0.4, -0.2) is 32.2 Å². The fraction of sp³-hybridized carbons (Fsp3) is 0.300. The molecule has 0 bridgehead atoms. The first-order valence-electron chi connectivity index (χ1n) is 8.83. The number of aromatic nitrogens is 2. The molecule has 0 saturated heterocycles. The number of hydrogen-bond donors (Lipinski definition) is 1. The maximum Gasteiger partial charge on any atom is 0.264 e. The van der Waals surface area contributed by atoms with E-state index in [1.807, 2.05) is 58.1 Å². The van der Waals surface area contributed by atoms with Gasteiger partial charge in [0.25, 0.3) is 5.91 Å². The molecule has 26 heavy (non-hydrogen) atoms. The van der Waals surface area contributed by atoms with Crippen LogP contribution in [0, 0.1) is 0 Å². The third-order valence-corrected chi connectivity index (χ3v) is 5.94. The topological polar surface area (TPSA) is 58.4 Å². The first kappa shape index (κ1) is 17.0. The van der Waals surface area contributed by atoms with Crippen molar-refractivity contribution in [2.45, 2.75) is 32.5 Å². The van der Waals surface area contributed by atoms with Crippen molar-refractivity contribution in [1.29, 1.82) is 0 Å². The first-order chi connectivity index (χ1) is 12.7. The number of hydrogen-bond acceptors (Lipinski definition) is 4. The summed E-state index contributed by atoms with van der Waals surface area (Å²) >= 11 is 1.57. The van der Waals surface area contributed by atoms with Crippen LogP contribution in [0.25, 0.3) is 0 Å². The lowest BCUT2D eigenvalue weighted by molar-refractivity contribution is 0.0711. The second-order valence-electron chi connectivity index (χ2n) is 6.44. The Labute approximate surface area is 156 Å². The monoisotopic (exact) mass is 367 g/mol. The second-order valence-corrected chi connectivity index (χ2v) is 7.61. The van der Waals surface area contributed by atoms with Crippen molar-refractivity contribution in [2.75, 3.05) is 6.54 Å². The summed E-state index contributed by atoms with van der Waals surface area (Å²) in [6, 6.07) is 15.4. The third kappa shape index (κ3) is 3.18. The molecule has 2 aromatic heterocycles. The van der Waals surface area contributed by atoms with E-state index in [4.69, 9.17) is 0 Å². The normalized spacial score (nSPS) is 14.9. The molecule has 4 rings (SSSR count). The number of aryl methyl sites for hydroxylation is 1. The van der Waals surface area contributed by atoms with E-state index >= 15 is 0 Å². The molecule has 3 heterocycles. The van der Waals surface area contributed by atoms with Gasteiger partial charge < -0.3 is 10.0 Å². The largest absolute Gasteiger partial charge is 0.382 e. The minimum absolute atomic E-state index is 0.0762. The van der Waals surface area contributed by atoms with Gasteiger partial charge >= 0.3 is 0 Å². The average Bonchev–Trinajstić information content (AvgIpc) is 3.33. The molecule has 0 spiro atoms. The lowest BCUT2D eigenvalue weighted by Gasteiger charge is -2.27. The van der Waals surface area contributed by atoms with Crippen molar-refractivity contribution < 1.29 is 9.90 Å². The molecule has 5 nitrogen and oxygen atoms in total. The van der Waals surface area contributed by atoms with Gasteiger partial charge in [-0.1, -0.05) is 37.3 Å². The van der Waals surface area contributed by atoms with Crippen LogP contribution in [-0.2, 0) is 19.5 Å². The molecule has 0 fully saturated rings. The van der Waals surface area contributed by atoms with E-state index in [0.29, 0.717) is 25.3 Å². The van der Waals surface area contributed by atoms with Gasteiger partial charge in [0.2, 0.25) is 0 Å². The maximum absolute atomic E-state index is 12.8. The van der Waals surface area contributed by atoms with Gasteiger partial charge in [0.05, 0.1) is 29.4 Å². The van der Waals surface area contributed by atoms with Crippen molar-refractivity contribution in [3.63, 3.8) is 0 Å². The van der Waals surface area contributed by atoms with E-state index in [-0.39, 0.29) is 5.91 Å². The summed E-state index contributed by atoms with van der Waals surface area (Å²) in [5, 5.41) is 15.1. The molecule has 0 radical (unpaired) electrons. The number of benzene rings is 1. The summed E-state index contributed by atoms with van der Waals surface area (Å²) in [4.78, 5) is 16.6. The second kappa shape index (κ2) is 7.05. The minimum atomic E-state index is -0.747. The van der Waals surface area contributed by atoms with Gasteiger partial charge in [-0.3, -0.25) is 9.48 Å².